The van der Waals surface area contributed by atoms with Gasteiger partial charge in [0.05, 0.1) is 10.9 Å². The second kappa shape index (κ2) is 6.07. The maximum absolute atomic E-state index is 12.1. The van der Waals surface area contributed by atoms with Crippen molar-refractivity contribution >= 4 is 33.4 Å². The average Bonchev–Trinajstić information content (AvgIpc) is 2.27. The predicted octanol–water partition coefficient (Wildman–Crippen LogP) is 4.33. The Morgan fingerprint density at radius 2 is 1.89 bits per heavy atom. The highest BCUT2D eigenvalue weighted by Crippen LogP contribution is 2.28. The van der Waals surface area contributed by atoms with Gasteiger partial charge in [-0.2, -0.15) is 0 Å². The summed E-state index contributed by atoms with van der Waals surface area (Å²) in [6.45, 7) is 7.99. The maximum atomic E-state index is 12.1. The van der Waals surface area contributed by atoms with Crippen LogP contribution in [0.5, 0.6) is 0 Å². The minimum absolute atomic E-state index is 0.0186. The van der Waals surface area contributed by atoms with Gasteiger partial charge in [0.1, 0.15) is 0 Å². The van der Waals surface area contributed by atoms with Crippen LogP contribution in [0.3, 0.4) is 0 Å². The summed E-state index contributed by atoms with van der Waals surface area (Å²) >= 11 is 9.55. The third-order valence-corrected chi connectivity index (χ3v) is 4.85. The number of rotatable bonds is 3. The van der Waals surface area contributed by atoms with Gasteiger partial charge >= 0.3 is 0 Å². The molecule has 18 heavy (non-hydrogen) atoms. The highest BCUT2D eigenvalue weighted by atomic mass is 79.9. The molecule has 0 saturated carbocycles. The molecule has 0 bridgehead atoms. The lowest BCUT2D eigenvalue weighted by Gasteiger charge is -2.26. The third-order valence-electron chi connectivity index (χ3n) is 2.72. The molecule has 1 aromatic carbocycles. The van der Waals surface area contributed by atoms with Crippen molar-refractivity contribution in [2.45, 2.75) is 38.6 Å². The minimum Gasteiger partial charge on any atom is -0.349 e. The third kappa shape index (κ3) is 3.99. The molecule has 0 aliphatic heterocycles. The van der Waals surface area contributed by atoms with Crippen LogP contribution in [0, 0.1) is 5.41 Å². The lowest BCUT2D eigenvalue weighted by molar-refractivity contribution is -0.122. The van der Waals surface area contributed by atoms with Gasteiger partial charge in [0.15, 0.2) is 0 Å². The first-order chi connectivity index (χ1) is 8.23. The van der Waals surface area contributed by atoms with Crippen LogP contribution in [0.15, 0.2) is 24.3 Å². The van der Waals surface area contributed by atoms with Crippen LogP contribution < -0.4 is 5.32 Å². The molecule has 1 rings (SSSR count). The fraction of sp³-hybridized carbons (Fsp3) is 0.500. The largest absolute Gasteiger partial charge is 0.349 e. The molecule has 4 heteroatoms. The topological polar surface area (TPSA) is 29.1 Å². The summed E-state index contributed by atoms with van der Waals surface area (Å²) in [5.41, 5.74) is 0.811. The van der Waals surface area contributed by atoms with Gasteiger partial charge in [0.2, 0.25) is 5.91 Å². The number of amides is 1. The van der Waals surface area contributed by atoms with Crippen LogP contribution in [-0.4, -0.2) is 10.7 Å². The molecule has 0 heterocycles. The molecule has 2 unspecified atom stereocenters. The minimum atomic E-state index is -0.227. The number of alkyl halides is 1. The molecular weight excluding hydrogens is 314 g/mol. The summed E-state index contributed by atoms with van der Waals surface area (Å²) in [7, 11) is 0. The number of hydrogen-bond acceptors (Lipinski definition) is 1. The second-order valence-electron chi connectivity index (χ2n) is 5.48. The standard InChI is InChI=1S/C14H19BrClNO/c1-9(10-7-5-6-8-11(10)16)17-13(18)12(15)14(2,3)4/h5-9,12H,1-4H3,(H,17,18). The SMILES string of the molecule is CC(NC(=O)C(Br)C(C)(C)C)c1ccccc1Cl. The average molecular weight is 333 g/mol. The van der Waals surface area contributed by atoms with Crippen LogP contribution in [-0.2, 0) is 4.79 Å². The maximum Gasteiger partial charge on any atom is 0.234 e. The van der Waals surface area contributed by atoms with Crippen molar-refractivity contribution in [3.05, 3.63) is 34.9 Å². The van der Waals surface area contributed by atoms with Gasteiger partial charge < -0.3 is 5.32 Å². The highest BCUT2D eigenvalue weighted by Gasteiger charge is 2.29. The van der Waals surface area contributed by atoms with E-state index in [1.807, 2.05) is 52.0 Å². The van der Waals surface area contributed by atoms with Crippen molar-refractivity contribution < 1.29 is 4.79 Å². The normalized spacial score (nSPS) is 15.0. The van der Waals surface area contributed by atoms with Crippen LogP contribution in [0.1, 0.15) is 39.3 Å². The van der Waals surface area contributed by atoms with Crippen molar-refractivity contribution in [3.63, 3.8) is 0 Å². The molecule has 0 spiro atoms. The molecule has 0 aliphatic rings. The number of carbonyl (C=O) groups excluding carboxylic acids is 1. The van der Waals surface area contributed by atoms with Crippen LogP contribution in [0.4, 0.5) is 0 Å². The summed E-state index contributed by atoms with van der Waals surface area (Å²) in [5.74, 6) is -0.0186. The molecule has 1 N–H and O–H groups in total. The first-order valence-corrected chi connectivity index (χ1v) is 7.21. The Morgan fingerprint density at radius 3 is 2.39 bits per heavy atom. The Labute approximate surface area is 122 Å². The Hall–Kier alpha value is -0.540. The van der Waals surface area contributed by atoms with Gasteiger partial charge in [-0.15, -0.1) is 0 Å². The van der Waals surface area contributed by atoms with Gasteiger partial charge in [-0.25, -0.2) is 0 Å². The summed E-state index contributed by atoms with van der Waals surface area (Å²) in [4.78, 5) is 11.9. The molecule has 2 atom stereocenters. The molecule has 0 fully saturated rings. The van der Waals surface area contributed by atoms with Gasteiger partial charge in [-0.3, -0.25) is 4.79 Å². The van der Waals surface area contributed by atoms with Gasteiger partial charge in [-0.1, -0.05) is 66.5 Å². The molecule has 1 aromatic rings. The number of carbonyl (C=O) groups is 1. The lowest BCUT2D eigenvalue weighted by atomic mass is 9.91. The zero-order chi connectivity index (χ0) is 13.9. The Kier molecular flexibility index (Phi) is 5.23. The number of hydrogen-bond donors (Lipinski definition) is 1. The number of halogens is 2. The van der Waals surface area contributed by atoms with Gasteiger partial charge in [0.25, 0.3) is 0 Å². The highest BCUT2D eigenvalue weighted by molar-refractivity contribution is 9.10. The van der Waals surface area contributed by atoms with Crippen molar-refractivity contribution in [1.29, 1.82) is 0 Å². The second-order valence-corrected chi connectivity index (χ2v) is 6.80. The van der Waals surface area contributed by atoms with E-state index in [9.17, 15) is 4.79 Å². The van der Waals surface area contributed by atoms with Crippen molar-refractivity contribution in [3.8, 4) is 0 Å². The summed E-state index contributed by atoms with van der Waals surface area (Å²) in [6, 6.07) is 7.44. The smallest absolute Gasteiger partial charge is 0.234 e. The molecule has 100 valence electrons. The summed E-state index contributed by atoms with van der Waals surface area (Å²) in [6.07, 6.45) is 0. The number of benzene rings is 1. The Balaban J connectivity index is 2.75. The van der Waals surface area contributed by atoms with Gasteiger partial charge in [0, 0.05) is 5.02 Å². The van der Waals surface area contributed by atoms with E-state index in [-0.39, 0.29) is 22.2 Å². The molecule has 0 aliphatic carbocycles. The van der Waals surface area contributed by atoms with Crippen molar-refractivity contribution in [2.75, 3.05) is 0 Å². The van der Waals surface area contributed by atoms with E-state index in [0.717, 1.165) is 5.56 Å². The fourth-order valence-electron chi connectivity index (χ4n) is 1.58. The molecule has 1 amide bonds. The quantitative estimate of drug-likeness (QED) is 0.820. The lowest BCUT2D eigenvalue weighted by Crippen LogP contribution is -2.39. The van der Waals surface area contributed by atoms with E-state index in [0.29, 0.717) is 5.02 Å². The first-order valence-electron chi connectivity index (χ1n) is 5.92. The van der Waals surface area contributed by atoms with E-state index in [4.69, 9.17) is 11.6 Å². The Bertz CT molecular complexity index is 428. The molecule has 2 nitrogen and oxygen atoms in total. The zero-order valence-electron chi connectivity index (χ0n) is 11.1. The predicted molar refractivity (Wildman–Crippen MR) is 80.2 cm³/mol. The zero-order valence-corrected chi connectivity index (χ0v) is 13.5. The van der Waals surface area contributed by atoms with E-state index in [1.54, 1.807) is 0 Å². The van der Waals surface area contributed by atoms with E-state index in [1.165, 1.54) is 0 Å². The first kappa shape index (κ1) is 15.5. The Morgan fingerprint density at radius 1 is 1.33 bits per heavy atom. The van der Waals surface area contributed by atoms with Crippen molar-refractivity contribution in [1.82, 2.24) is 5.32 Å². The van der Waals surface area contributed by atoms with Gasteiger partial charge in [-0.05, 0) is 24.0 Å². The monoisotopic (exact) mass is 331 g/mol. The van der Waals surface area contributed by atoms with E-state index < -0.39 is 0 Å². The summed E-state index contributed by atoms with van der Waals surface area (Å²) < 4.78 is 0. The van der Waals surface area contributed by atoms with Crippen LogP contribution in [0.2, 0.25) is 5.02 Å². The van der Waals surface area contributed by atoms with Crippen molar-refractivity contribution in [2.24, 2.45) is 5.41 Å². The van der Waals surface area contributed by atoms with Crippen LogP contribution >= 0.6 is 27.5 Å². The molecule has 0 saturated heterocycles. The molecule has 0 aromatic heterocycles. The van der Waals surface area contributed by atoms with Crippen LogP contribution in [0.25, 0.3) is 0 Å². The molecule has 0 radical (unpaired) electrons. The summed E-state index contributed by atoms with van der Waals surface area (Å²) in [5, 5.41) is 3.65. The number of nitrogens with one attached hydrogen (secondary N) is 1. The van der Waals surface area contributed by atoms with E-state index in [2.05, 4.69) is 21.2 Å². The van der Waals surface area contributed by atoms with E-state index >= 15 is 0 Å². The molecular formula is C14H19BrClNO. The fourth-order valence-corrected chi connectivity index (χ4v) is 2.02.